The van der Waals surface area contributed by atoms with Crippen molar-refractivity contribution in [2.24, 2.45) is 0 Å². The average molecular weight is 485 g/mol. The molecule has 0 nitrogen and oxygen atoms in total. The summed E-state index contributed by atoms with van der Waals surface area (Å²) in [6.45, 7) is 2.08. The third-order valence-electron chi connectivity index (χ3n) is 6.16. The zero-order valence-corrected chi connectivity index (χ0v) is 19.7. The highest BCUT2D eigenvalue weighted by Crippen LogP contribution is 2.32. The zero-order valence-electron chi connectivity index (χ0n) is 18.9. The van der Waals surface area contributed by atoms with Crippen molar-refractivity contribution in [3.05, 3.63) is 106 Å². The maximum atomic E-state index is 15.2. The Morgan fingerprint density at radius 3 is 2.12 bits per heavy atom. The first-order chi connectivity index (χ1) is 16.4. The van der Waals surface area contributed by atoms with Gasteiger partial charge in [0.1, 0.15) is 23.3 Å². The van der Waals surface area contributed by atoms with Gasteiger partial charge in [-0.3, -0.25) is 0 Å². The Morgan fingerprint density at radius 1 is 0.676 bits per heavy atom. The number of fused-ring (bicyclic) bond motifs is 1. The van der Waals surface area contributed by atoms with Gasteiger partial charge in [-0.25, -0.2) is 17.6 Å². The van der Waals surface area contributed by atoms with Crippen LogP contribution in [0.2, 0.25) is 5.02 Å². The lowest BCUT2D eigenvalue weighted by atomic mass is 9.95. The summed E-state index contributed by atoms with van der Waals surface area (Å²) in [5.74, 6) is -2.11. The van der Waals surface area contributed by atoms with E-state index in [1.807, 2.05) is 0 Å². The summed E-state index contributed by atoms with van der Waals surface area (Å²) in [5.41, 5.74) is 2.12. The summed E-state index contributed by atoms with van der Waals surface area (Å²) in [6.07, 6.45) is 4.41. The Kier molecular flexibility index (Phi) is 7.57. The van der Waals surface area contributed by atoms with E-state index < -0.39 is 17.5 Å². The van der Waals surface area contributed by atoms with Crippen LogP contribution in [0.4, 0.5) is 17.6 Å². The quantitative estimate of drug-likeness (QED) is 0.173. The SMILES string of the molecule is CCCCCc1cc(F)c(-c2ccc3c(F)c(CCc4ccc(Cl)c(F)c4)ccc3c2)c(F)c1. The van der Waals surface area contributed by atoms with Crippen molar-refractivity contribution in [2.45, 2.75) is 45.4 Å². The highest BCUT2D eigenvalue weighted by atomic mass is 35.5. The molecule has 0 aliphatic carbocycles. The van der Waals surface area contributed by atoms with Crippen molar-refractivity contribution in [1.82, 2.24) is 0 Å². The van der Waals surface area contributed by atoms with Crippen LogP contribution >= 0.6 is 11.6 Å². The molecule has 176 valence electrons. The third-order valence-corrected chi connectivity index (χ3v) is 6.47. The summed E-state index contributed by atoms with van der Waals surface area (Å²) in [6, 6.07) is 15.5. The van der Waals surface area contributed by atoms with E-state index in [1.165, 1.54) is 24.3 Å². The number of halogens is 5. The van der Waals surface area contributed by atoms with Crippen LogP contribution in [0, 0.1) is 23.3 Å². The number of hydrogen-bond donors (Lipinski definition) is 0. The normalized spacial score (nSPS) is 11.4. The first-order valence-corrected chi connectivity index (χ1v) is 11.9. The number of unbranched alkanes of at least 4 members (excludes halogenated alkanes) is 2. The Balaban J connectivity index is 1.58. The number of hydrogen-bond acceptors (Lipinski definition) is 0. The second-order valence-corrected chi connectivity index (χ2v) is 9.02. The molecule has 0 unspecified atom stereocenters. The maximum absolute atomic E-state index is 15.2. The van der Waals surface area contributed by atoms with Crippen LogP contribution in [0.25, 0.3) is 21.9 Å². The van der Waals surface area contributed by atoms with Crippen molar-refractivity contribution in [1.29, 1.82) is 0 Å². The Morgan fingerprint density at radius 2 is 1.41 bits per heavy atom. The smallest absolute Gasteiger partial charge is 0.142 e. The van der Waals surface area contributed by atoms with Gasteiger partial charge in [-0.1, -0.05) is 61.7 Å². The summed E-state index contributed by atoms with van der Waals surface area (Å²) in [5, 5.41) is 0.984. The standard InChI is InChI=1S/C29H25ClF4/c1-2-3-4-5-19-15-26(32)28(27(33)16-19)22-11-12-23-21(17-22)10-9-20(29(23)34)8-6-18-7-13-24(30)25(31)14-18/h7,9-17H,2-6,8H2,1H3. The van der Waals surface area contributed by atoms with Crippen molar-refractivity contribution >= 4 is 22.4 Å². The van der Waals surface area contributed by atoms with E-state index in [-0.39, 0.29) is 16.4 Å². The molecule has 0 atom stereocenters. The van der Waals surface area contributed by atoms with Crippen LogP contribution in [0.15, 0.2) is 60.7 Å². The topological polar surface area (TPSA) is 0 Å². The summed E-state index contributed by atoms with van der Waals surface area (Å²) >= 11 is 5.72. The van der Waals surface area contributed by atoms with Crippen LogP contribution in [-0.2, 0) is 19.3 Å². The minimum absolute atomic E-state index is 0.0513. The van der Waals surface area contributed by atoms with Crippen LogP contribution in [0.1, 0.15) is 42.9 Å². The van der Waals surface area contributed by atoms with Crippen molar-refractivity contribution in [2.75, 3.05) is 0 Å². The van der Waals surface area contributed by atoms with Crippen LogP contribution in [-0.4, -0.2) is 0 Å². The van der Waals surface area contributed by atoms with Gasteiger partial charge >= 0.3 is 0 Å². The second kappa shape index (κ2) is 10.6. The fourth-order valence-corrected chi connectivity index (χ4v) is 4.40. The first kappa shape index (κ1) is 24.3. The summed E-state index contributed by atoms with van der Waals surface area (Å²) < 4.78 is 58.5. The van der Waals surface area contributed by atoms with Crippen molar-refractivity contribution in [3.63, 3.8) is 0 Å². The summed E-state index contributed by atoms with van der Waals surface area (Å²) in [7, 11) is 0. The van der Waals surface area contributed by atoms with E-state index in [4.69, 9.17) is 11.6 Å². The Labute approximate surface area is 202 Å². The lowest BCUT2D eigenvalue weighted by molar-refractivity contribution is 0.584. The molecule has 0 spiro atoms. The van der Waals surface area contributed by atoms with Gasteiger partial charge in [0.25, 0.3) is 0 Å². The molecule has 5 heteroatoms. The molecule has 0 saturated carbocycles. The molecule has 4 rings (SSSR count). The molecule has 0 aliphatic rings. The average Bonchev–Trinajstić information content (AvgIpc) is 2.80. The molecular weight excluding hydrogens is 460 g/mol. The van der Waals surface area contributed by atoms with Crippen LogP contribution in [0.5, 0.6) is 0 Å². The molecule has 0 N–H and O–H groups in total. The molecule has 0 fully saturated rings. The molecule has 0 saturated heterocycles. The predicted octanol–water partition coefficient (Wildman–Crippen LogP) is 9.23. The molecule has 4 aromatic rings. The zero-order chi connectivity index (χ0) is 24.2. The van der Waals surface area contributed by atoms with Gasteiger partial charge in [-0.15, -0.1) is 0 Å². The fraction of sp³-hybridized carbons (Fsp3) is 0.241. The van der Waals surface area contributed by atoms with Crippen molar-refractivity contribution < 1.29 is 17.6 Å². The van der Waals surface area contributed by atoms with Gasteiger partial charge in [0.2, 0.25) is 0 Å². The van der Waals surface area contributed by atoms with Crippen LogP contribution in [0.3, 0.4) is 0 Å². The molecule has 4 aromatic carbocycles. The molecular formula is C29H25ClF4. The minimum atomic E-state index is -0.613. The largest absolute Gasteiger partial charge is 0.206 e. The van der Waals surface area contributed by atoms with Gasteiger partial charge < -0.3 is 0 Å². The van der Waals surface area contributed by atoms with E-state index >= 15 is 4.39 Å². The monoisotopic (exact) mass is 484 g/mol. The van der Waals surface area contributed by atoms with E-state index in [2.05, 4.69) is 6.92 Å². The summed E-state index contributed by atoms with van der Waals surface area (Å²) in [4.78, 5) is 0. The molecule has 0 aliphatic heterocycles. The molecule has 0 aromatic heterocycles. The molecule has 0 radical (unpaired) electrons. The highest BCUT2D eigenvalue weighted by molar-refractivity contribution is 6.30. The van der Waals surface area contributed by atoms with E-state index in [0.29, 0.717) is 46.7 Å². The lowest BCUT2D eigenvalue weighted by Crippen LogP contribution is -1.98. The van der Waals surface area contributed by atoms with Crippen LogP contribution < -0.4 is 0 Å². The van der Waals surface area contributed by atoms with Gasteiger partial charge in [0.15, 0.2) is 0 Å². The number of benzene rings is 4. The molecule has 0 bridgehead atoms. The third kappa shape index (κ3) is 5.28. The lowest BCUT2D eigenvalue weighted by Gasteiger charge is -2.11. The molecule has 0 amide bonds. The Bertz CT molecular complexity index is 1310. The number of rotatable bonds is 8. The molecule has 34 heavy (non-hydrogen) atoms. The Hall–Kier alpha value is -2.85. The van der Waals surface area contributed by atoms with E-state index in [0.717, 1.165) is 24.8 Å². The van der Waals surface area contributed by atoms with E-state index in [9.17, 15) is 13.2 Å². The van der Waals surface area contributed by atoms with Gasteiger partial charge in [0, 0.05) is 5.39 Å². The molecule has 0 heterocycles. The maximum Gasteiger partial charge on any atom is 0.142 e. The number of aryl methyl sites for hydroxylation is 3. The van der Waals surface area contributed by atoms with E-state index in [1.54, 1.807) is 36.4 Å². The first-order valence-electron chi connectivity index (χ1n) is 11.5. The fourth-order valence-electron chi connectivity index (χ4n) is 4.28. The minimum Gasteiger partial charge on any atom is -0.206 e. The van der Waals surface area contributed by atoms with Gasteiger partial charge in [0.05, 0.1) is 10.6 Å². The second-order valence-electron chi connectivity index (χ2n) is 8.61. The van der Waals surface area contributed by atoms with Gasteiger partial charge in [-0.2, -0.15) is 0 Å². The predicted molar refractivity (Wildman–Crippen MR) is 131 cm³/mol. The van der Waals surface area contributed by atoms with Crippen molar-refractivity contribution in [3.8, 4) is 11.1 Å². The van der Waals surface area contributed by atoms with Gasteiger partial charge in [-0.05, 0) is 83.7 Å². The highest BCUT2D eigenvalue weighted by Gasteiger charge is 2.15.